The minimum atomic E-state index is 0.120. The zero-order valence-electron chi connectivity index (χ0n) is 11.8. The molecular weight excluding hydrogens is 270 g/mol. The molecule has 1 saturated heterocycles. The number of nitrogens with two attached hydrogens (primary N) is 1. The lowest BCUT2D eigenvalue weighted by atomic mass is 9.82. The van der Waals surface area contributed by atoms with Crippen LogP contribution >= 0.6 is 11.3 Å². The van der Waals surface area contributed by atoms with Crippen LogP contribution in [0.5, 0.6) is 0 Å². The van der Waals surface area contributed by atoms with Gasteiger partial charge in [-0.2, -0.15) is 0 Å². The van der Waals surface area contributed by atoms with Crippen molar-refractivity contribution in [1.82, 2.24) is 9.88 Å². The number of rotatable bonds is 1. The molecule has 1 aliphatic rings. The second-order valence-corrected chi connectivity index (χ2v) is 7.25. The van der Waals surface area contributed by atoms with Crippen molar-refractivity contribution in [3.8, 4) is 0 Å². The van der Waals surface area contributed by atoms with Crippen LogP contribution in [0.1, 0.15) is 37.0 Å². The fourth-order valence-corrected chi connectivity index (χ4v) is 3.35. The Morgan fingerprint density at radius 2 is 2.05 bits per heavy atom. The van der Waals surface area contributed by atoms with Crippen molar-refractivity contribution in [3.63, 3.8) is 0 Å². The summed E-state index contributed by atoms with van der Waals surface area (Å²) in [6, 6.07) is 5.64. The first-order valence-electron chi connectivity index (χ1n) is 6.90. The number of nitrogen functional groups attached to an aromatic ring is 1. The summed E-state index contributed by atoms with van der Waals surface area (Å²) in [6.45, 7) is 6.21. The van der Waals surface area contributed by atoms with Crippen LogP contribution in [0.25, 0.3) is 10.2 Å². The van der Waals surface area contributed by atoms with Crippen LogP contribution in [-0.2, 0) is 0 Å². The maximum atomic E-state index is 12.5. The molecule has 106 valence electrons. The number of fused-ring (bicyclic) bond motifs is 1. The number of hydrogen-bond donors (Lipinski definition) is 1. The number of anilines is 1. The molecule has 0 unspecified atom stereocenters. The lowest BCUT2D eigenvalue weighted by Gasteiger charge is -2.36. The minimum Gasteiger partial charge on any atom is -0.375 e. The summed E-state index contributed by atoms with van der Waals surface area (Å²) in [5.41, 5.74) is 7.66. The summed E-state index contributed by atoms with van der Waals surface area (Å²) in [7, 11) is 0. The number of benzene rings is 1. The van der Waals surface area contributed by atoms with Crippen molar-refractivity contribution in [2.24, 2.45) is 5.41 Å². The van der Waals surface area contributed by atoms with Crippen molar-refractivity contribution in [1.29, 1.82) is 0 Å². The number of thiazole rings is 1. The molecule has 3 rings (SSSR count). The Morgan fingerprint density at radius 3 is 2.75 bits per heavy atom. The van der Waals surface area contributed by atoms with Crippen LogP contribution in [0.4, 0.5) is 5.13 Å². The monoisotopic (exact) mass is 289 g/mol. The van der Waals surface area contributed by atoms with Gasteiger partial charge in [0.15, 0.2) is 5.13 Å². The van der Waals surface area contributed by atoms with Gasteiger partial charge in [0.05, 0.1) is 10.2 Å². The lowest BCUT2D eigenvalue weighted by molar-refractivity contribution is 0.0630. The van der Waals surface area contributed by atoms with E-state index in [1.165, 1.54) is 11.3 Å². The van der Waals surface area contributed by atoms with E-state index < -0.39 is 0 Å². The largest absolute Gasteiger partial charge is 0.375 e. The molecule has 2 N–H and O–H groups in total. The summed E-state index contributed by atoms with van der Waals surface area (Å²) in [6.07, 6.45) is 2.13. The number of aromatic nitrogens is 1. The molecule has 5 heteroatoms. The SMILES string of the molecule is CC1(C)CCN(C(=O)c2ccc3nc(N)sc3c2)CC1. The highest BCUT2D eigenvalue weighted by Crippen LogP contribution is 2.31. The van der Waals surface area contributed by atoms with Crippen molar-refractivity contribution < 1.29 is 4.79 Å². The van der Waals surface area contributed by atoms with Crippen molar-refractivity contribution >= 4 is 32.6 Å². The van der Waals surface area contributed by atoms with Crippen LogP contribution in [0.15, 0.2) is 18.2 Å². The average molecular weight is 289 g/mol. The van der Waals surface area contributed by atoms with Gasteiger partial charge in [-0.1, -0.05) is 25.2 Å². The first-order valence-corrected chi connectivity index (χ1v) is 7.72. The highest BCUT2D eigenvalue weighted by Gasteiger charge is 2.28. The van der Waals surface area contributed by atoms with Crippen molar-refractivity contribution in [2.75, 3.05) is 18.8 Å². The van der Waals surface area contributed by atoms with Gasteiger partial charge in [0.25, 0.3) is 5.91 Å². The number of amides is 1. The van der Waals surface area contributed by atoms with Gasteiger partial charge < -0.3 is 10.6 Å². The summed E-state index contributed by atoms with van der Waals surface area (Å²) < 4.78 is 0.977. The van der Waals surface area contributed by atoms with Crippen LogP contribution in [0.2, 0.25) is 0 Å². The number of carbonyl (C=O) groups is 1. The van der Waals surface area contributed by atoms with Gasteiger partial charge in [0, 0.05) is 18.7 Å². The number of nitrogens with zero attached hydrogens (tertiary/aromatic N) is 2. The maximum absolute atomic E-state index is 12.5. The zero-order chi connectivity index (χ0) is 14.3. The molecule has 2 aromatic rings. The molecule has 1 aromatic heterocycles. The highest BCUT2D eigenvalue weighted by atomic mass is 32.1. The van der Waals surface area contributed by atoms with Gasteiger partial charge in [-0.05, 0) is 36.5 Å². The van der Waals surface area contributed by atoms with Gasteiger partial charge in [0.2, 0.25) is 0 Å². The Labute approximate surface area is 122 Å². The molecule has 1 aliphatic heterocycles. The molecule has 0 radical (unpaired) electrons. The standard InChI is InChI=1S/C15H19N3OS/c1-15(2)5-7-18(8-6-15)13(19)10-3-4-11-12(9-10)20-14(16)17-11/h3-4,9H,5-8H2,1-2H3,(H2,16,17). The third-order valence-corrected chi connectivity index (χ3v) is 4.90. The van der Waals surface area contributed by atoms with Crippen LogP contribution in [0, 0.1) is 5.41 Å². The molecule has 1 fully saturated rings. The van der Waals surface area contributed by atoms with E-state index in [-0.39, 0.29) is 5.91 Å². The maximum Gasteiger partial charge on any atom is 0.253 e. The van der Waals surface area contributed by atoms with Crippen LogP contribution < -0.4 is 5.73 Å². The Balaban J connectivity index is 1.82. The predicted octanol–water partition coefficient (Wildman–Crippen LogP) is 3.14. The smallest absolute Gasteiger partial charge is 0.253 e. The Bertz CT molecular complexity index is 652. The molecule has 0 bridgehead atoms. The Morgan fingerprint density at radius 1 is 1.35 bits per heavy atom. The second-order valence-electron chi connectivity index (χ2n) is 6.19. The molecular formula is C15H19N3OS. The summed E-state index contributed by atoms with van der Waals surface area (Å²) >= 11 is 1.43. The summed E-state index contributed by atoms with van der Waals surface area (Å²) in [4.78, 5) is 18.7. The Kier molecular flexibility index (Phi) is 3.17. The molecule has 20 heavy (non-hydrogen) atoms. The molecule has 0 aliphatic carbocycles. The first-order chi connectivity index (χ1) is 9.44. The third kappa shape index (κ3) is 2.50. The van der Waals surface area contributed by atoms with Gasteiger partial charge in [-0.3, -0.25) is 4.79 Å². The minimum absolute atomic E-state index is 0.120. The summed E-state index contributed by atoms with van der Waals surface area (Å²) in [5.74, 6) is 0.120. The molecule has 1 amide bonds. The average Bonchev–Trinajstić information content (AvgIpc) is 2.77. The van der Waals surface area contributed by atoms with E-state index in [2.05, 4.69) is 18.8 Å². The van der Waals surface area contributed by atoms with Crippen LogP contribution in [-0.4, -0.2) is 28.9 Å². The van der Waals surface area contributed by atoms with Gasteiger partial charge in [-0.15, -0.1) is 0 Å². The number of hydrogen-bond acceptors (Lipinski definition) is 4. The van der Waals surface area contributed by atoms with Gasteiger partial charge in [-0.25, -0.2) is 4.98 Å². The van der Waals surface area contributed by atoms with E-state index in [0.29, 0.717) is 10.5 Å². The number of piperidine rings is 1. The predicted molar refractivity (Wildman–Crippen MR) is 83.0 cm³/mol. The number of likely N-dealkylation sites (tertiary alicyclic amines) is 1. The second kappa shape index (κ2) is 4.74. The zero-order valence-corrected chi connectivity index (χ0v) is 12.7. The molecule has 2 heterocycles. The molecule has 0 atom stereocenters. The fourth-order valence-electron chi connectivity index (χ4n) is 2.57. The fraction of sp³-hybridized carbons (Fsp3) is 0.467. The van der Waals surface area contributed by atoms with E-state index in [1.807, 2.05) is 23.1 Å². The van der Waals surface area contributed by atoms with E-state index in [4.69, 9.17) is 5.73 Å². The van der Waals surface area contributed by atoms with E-state index >= 15 is 0 Å². The first kappa shape index (κ1) is 13.4. The number of carbonyl (C=O) groups excluding carboxylic acids is 1. The van der Waals surface area contributed by atoms with Gasteiger partial charge in [0.1, 0.15) is 0 Å². The highest BCUT2D eigenvalue weighted by molar-refractivity contribution is 7.22. The normalized spacial score (nSPS) is 18.4. The van der Waals surface area contributed by atoms with Gasteiger partial charge >= 0.3 is 0 Å². The van der Waals surface area contributed by atoms with E-state index in [1.54, 1.807) is 0 Å². The van der Waals surface area contributed by atoms with E-state index in [9.17, 15) is 4.79 Å². The van der Waals surface area contributed by atoms with Crippen LogP contribution in [0.3, 0.4) is 0 Å². The Hall–Kier alpha value is -1.62. The summed E-state index contributed by atoms with van der Waals surface area (Å²) in [5, 5.41) is 0.546. The lowest BCUT2D eigenvalue weighted by Crippen LogP contribution is -2.41. The molecule has 0 saturated carbocycles. The molecule has 4 nitrogen and oxygen atoms in total. The molecule has 1 aromatic carbocycles. The third-order valence-electron chi connectivity index (χ3n) is 4.06. The van der Waals surface area contributed by atoms with E-state index in [0.717, 1.165) is 41.7 Å². The van der Waals surface area contributed by atoms with Crippen molar-refractivity contribution in [2.45, 2.75) is 26.7 Å². The molecule has 0 spiro atoms. The quantitative estimate of drug-likeness (QED) is 0.877. The topological polar surface area (TPSA) is 59.2 Å². The van der Waals surface area contributed by atoms with Crippen molar-refractivity contribution in [3.05, 3.63) is 23.8 Å².